The van der Waals surface area contributed by atoms with Crippen molar-refractivity contribution in [1.29, 1.82) is 0 Å². The number of benzene rings is 2. The molecule has 1 heterocycles. The Morgan fingerprint density at radius 3 is 2.83 bits per heavy atom. The smallest absolute Gasteiger partial charge is 0.313 e. The van der Waals surface area contributed by atoms with Gasteiger partial charge in [0, 0.05) is 11.3 Å². The Hall–Kier alpha value is -2.93. The molecule has 3 aromatic rings. The van der Waals surface area contributed by atoms with Crippen LogP contribution >= 0.6 is 11.6 Å². The molecule has 0 saturated carbocycles. The molecule has 3 rings (SSSR count). The number of amides is 1. The first-order valence-electron chi connectivity index (χ1n) is 6.81. The van der Waals surface area contributed by atoms with Gasteiger partial charge in [0.2, 0.25) is 5.89 Å². The summed E-state index contributed by atoms with van der Waals surface area (Å²) in [5.74, 6) is -0.630. The second-order valence-corrected chi connectivity index (χ2v) is 5.13. The molecule has 2 aromatic carbocycles. The van der Waals surface area contributed by atoms with E-state index >= 15 is 0 Å². The molecule has 1 N–H and O–H groups in total. The highest BCUT2D eigenvalue weighted by Crippen LogP contribution is 2.23. The third-order valence-electron chi connectivity index (χ3n) is 3.11. The lowest BCUT2D eigenvalue weighted by molar-refractivity contribution is 0.0991. The third-order valence-corrected chi connectivity index (χ3v) is 3.40. The minimum atomic E-state index is -0.626. The van der Waals surface area contributed by atoms with Gasteiger partial charge in [-0.3, -0.25) is 4.79 Å². The molecule has 122 valence electrons. The van der Waals surface area contributed by atoms with E-state index in [1.165, 1.54) is 12.1 Å². The van der Waals surface area contributed by atoms with Crippen molar-refractivity contribution >= 4 is 23.2 Å². The van der Waals surface area contributed by atoms with E-state index in [9.17, 15) is 9.18 Å². The predicted octanol–water partition coefficient (Wildman–Crippen LogP) is 3.79. The molecule has 0 unspecified atom stereocenters. The van der Waals surface area contributed by atoms with Crippen LogP contribution in [0.1, 0.15) is 10.7 Å². The molecule has 0 aliphatic carbocycles. The SMILES string of the molecule is COc1cccc(-c2nnc(C(=O)Nc3ccc(F)c(Cl)c3)o2)c1. The van der Waals surface area contributed by atoms with Crippen molar-refractivity contribution in [3.8, 4) is 17.2 Å². The van der Waals surface area contributed by atoms with Crippen molar-refractivity contribution in [2.45, 2.75) is 0 Å². The fourth-order valence-electron chi connectivity index (χ4n) is 1.95. The predicted molar refractivity (Wildman–Crippen MR) is 85.6 cm³/mol. The number of nitrogens with zero attached hydrogens (tertiary/aromatic N) is 2. The Labute approximate surface area is 141 Å². The largest absolute Gasteiger partial charge is 0.497 e. The average Bonchev–Trinajstić information content (AvgIpc) is 3.08. The molecule has 0 atom stereocenters. The van der Waals surface area contributed by atoms with Crippen molar-refractivity contribution in [3.05, 3.63) is 59.2 Å². The number of hydrogen-bond donors (Lipinski definition) is 1. The van der Waals surface area contributed by atoms with E-state index in [2.05, 4.69) is 15.5 Å². The summed E-state index contributed by atoms with van der Waals surface area (Å²) in [6, 6.07) is 10.8. The lowest BCUT2D eigenvalue weighted by Crippen LogP contribution is -2.12. The zero-order valence-corrected chi connectivity index (χ0v) is 13.2. The lowest BCUT2D eigenvalue weighted by Gasteiger charge is -2.03. The Morgan fingerprint density at radius 1 is 1.25 bits per heavy atom. The van der Waals surface area contributed by atoms with Crippen LogP contribution in [0.2, 0.25) is 5.02 Å². The summed E-state index contributed by atoms with van der Waals surface area (Å²) in [4.78, 5) is 12.1. The van der Waals surface area contributed by atoms with Gasteiger partial charge in [0.1, 0.15) is 11.6 Å². The van der Waals surface area contributed by atoms with Gasteiger partial charge in [0.15, 0.2) is 0 Å². The number of carbonyl (C=O) groups is 1. The van der Waals surface area contributed by atoms with Gasteiger partial charge >= 0.3 is 11.8 Å². The van der Waals surface area contributed by atoms with Crippen molar-refractivity contribution in [2.24, 2.45) is 0 Å². The summed E-state index contributed by atoms with van der Waals surface area (Å²) in [7, 11) is 1.54. The molecular weight excluding hydrogens is 337 g/mol. The molecule has 8 heteroatoms. The van der Waals surface area contributed by atoms with E-state index in [1.807, 2.05) is 0 Å². The van der Waals surface area contributed by atoms with E-state index in [1.54, 1.807) is 31.4 Å². The maximum Gasteiger partial charge on any atom is 0.313 e. The van der Waals surface area contributed by atoms with Crippen LogP contribution < -0.4 is 10.1 Å². The monoisotopic (exact) mass is 347 g/mol. The zero-order valence-electron chi connectivity index (χ0n) is 12.4. The van der Waals surface area contributed by atoms with Crippen molar-refractivity contribution in [2.75, 3.05) is 12.4 Å². The van der Waals surface area contributed by atoms with Crippen LogP contribution in [0.4, 0.5) is 10.1 Å². The molecule has 1 amide bonds. The Bertz CT molecular complexity index is 898. The summed E-state index contributed by atoms with van der Waals surface area (Å²) in [6.45, 7) is 0. The number of halogens is 2. The van der Waals surface area contributed by atoms with Crippen LogP contribution in [0, 0.1) is 5.82 Å². The first kappa shape index (κ1) is 15.9. The van der Waals surface area contributed by atoms with E-state index in [0.717, 1.165) is 6.07 Å². The van der Waals surface area contributed by atoms with Crippen LogP contribution in [-0.4, -0.2) is 23.2 Å². The fraction of sp³-hybridized carbons (Fsp3) is 0.0625. The number of ether oxygens (including phenoxy) is 1. The highest BCUT2D eigenvalue weighted by molar-refractivity contribution is 6.31. The van der Waals surface area contributed by atoms with Gasteiger partial charge in [0.25, 0.3) is 0 Å². The summed E-state index contributed by atoms with van der Waals surface area (Å²) >= 11 is 5.67. The first-order valence-corrected chi connectivity index (χ1v) is 7.19. The number of nitrogens with one attached hydrogen (secondary N) is 1. The number of methoxy groups -OCH3 is 1. The van der Waals surface area contributed by atoms with Gasteiger partial charge in [-0.25, -0.2) is 4.39 Å². The standard InChI is InChI=1S/C16H11ClFN3O3/c1-23-11-4-2-3-9(7-11)15-20-21-16(24-15)14(22)19-10-5-6-13(18)12(17)8-10/h2-8H,1H3,(H,19,22). The number of rotatable bonds is 4. The highest BCUT2D eigenvalue weighted by atomic mass is 35.5. The number of hydrogen-bond acceptors (Lipinski definition) is 5. The molecular formula is C16H11ClFN3O3. The Balaban J connectivity index is 1.79. The quantitative estimate of drug-likeness (QED) is 0.777. The topological polar surface area (TPSA) is 77.2 Å². The summed E-state index contributed by atoms with van der Waals surface area (Å²) in [5, 5.41) is 9.95. The van der Waals surface area contributed by atoms with Gasteiger partial charge in [0.05, 0.1) is 12.1 Å². The Kier molecular flexibility index (Phi) is 4.43. The fourth-order valence-corrected chi connectivity index (χ4v) is 2.13. The zero-order chi connectivity index (χ0) is 17.1. The molecule has 0 spiro atoms. The van der Waals surface area contributed by atoms with Crippen molar-refractivity contribution in [1.82, 2.24) is 10.2 Å². The number of carbonyl (C=O) groups excluding carboxylic acids is 1. The minimum Gasteiger partial charge on any atom is -0.497 e. The molecule has 0 aliphatic rings. The molecule has 0 radical (unpaired) electrons. The number of aromatic nitrogens is 2. The number of anilines is 1. The molecule has 6 nitrogen and oxygen atoms in total. The molecule has 1 aromatic heterocycles. The van der Waals surface area contributed by atoms with E-state index in [0.29, 0.717) is 17.0 Å². The van der Waals surface area contributed by atoms with E-state index < -0.39 is 11.7 Å². The van der Waals surface area contributed by atoms with Gasteiger partial charge in [-0.05, 0) is 36.4 Å². The highest BCUT2D eigenvalue weighted by Gasteiger charge is 2.17. The van der Waals surface area contributed by atoms with Gasteiger partial charge in [-0.2, -0.15) is 0 Å². The molecule has 0 saturated heterocycles. The van der Waals surface area contributed by atoms with Gasteiger partial charge < -0.3 is 14.5 Å². The van der Waals surface area contributed by atoms with Crippen LogP contribution in [0.15, 0.2) is 46.9 Å². The second-order valence-electron chi connectivity index (χ2n) is 4.73. The van der Waals surface area contributed by atoms with Crippen LogP contribution in [0.25, 0.3) is 11.5 Å². The maximum atomic E-state index is 13.1. The van der Waals surface area contributed by atoms with Gasteiger partial charge in [-0.1, -0.05) is 17.7 Å². The van der Waals surface area contributed by atoms with Crippen molar-refractivity contribution < 1.29 is 18.3 Å². The van der Waals surface area contributed by atoms with Crippen LogP contribution in [0.5, 0.6) is 5.75 Å². The third kappa shape index (κ3) is 3.36. The van der Waals surface area contributed by atoms with Gasteiger partial charge in [-0.15, -0.1) is 10.2 Å². The first-order chi connectivity index (χ1) is 11.6. The molecule has 0 fully saturated rings. The molecule has 0 aliphatic heterocycles. The minimum absolute atomic E-state index is 0.101. The van der Waals surface area contributed by atoms with E-state index in [-0.39, 0.29) is 16.8 Å². The summed E-state index contributed by atoms with van der Waals surface area (Å²) in [5.41, 5.74) is 0.929. The normalized spacial score (nSPS) is 10.5. The summed E-state index contributed by atoms with van der Waals surface area (Å²) < 4.78 is 23.6. The second kappa shape index (κ2) is 6.67. The van der Waals surface area contributed by atoms with Crippen molar-refractivity contribution in [3.63, 3.8) is 0 Å². The molecule has 24 heavy (non-hydrogen) atoms. The average molecular weight is 348 g/mol. The van der Waals surface area contributed by atoms with Crippen LogP contribution in [0.3, 0.4) is 0 Å². The van der Waals surface area contributed by atoms with Crippen LogP contribution in [-0.2, 0) is 0 Å². The maximum absolute atomic E-state index is 13.1. The Morgan fingerprint density at radius 2 is 2.08 bits per heavy atom. The van der Waals surface area contributed by atoms with E-state index in [4.69, 9.17) is 20.8 Å². The summed E-state index contributed by atoms with van der Waals surface area (Å²) in [6.07, 6.45) is 0. The lowest BCUT2D eigenvalue weighted by atomic mass is 10.2. The molecule has 0 bridgehead atoms.